The van der Waals surface area contributed by atoms with Gasteiger partial charge in [0.25, 0.3) is 0 Å². The van der Waals surface area contributed by atoms with E-state index in [0.717, 1.165) is 43.6 Å². The van der Waals surface area contributed by atoms with Gasteiger partial charge in [0.1, 0.15) is 5.78 Å². The lowest BCUT2D eigenvalue weighted by Gasteiger charge is -2.38. The molecule has 1 saturated heterocycles. The molecule has 0 saturated carbocycles. The lowest BCUT2D eigenvalue weighted by atomic mass is 9.63. The van der Waals surface area contributed by atoms with Crippen LogP contribution in [0.5, 0.6) is 0 Å². The topological polar surface area (TPSA) is 40.5 Å². The summed E-state index contributed by atoms with van der Waals surface area (Å²) in [6.45, 7) is 4.72. The molecule has 1 aliphatic heterocycles. The molecule has 0 aromatic heterocycles. The Hall–Kier alpha value is -1.97. The molecule has 0 spiro atoms. The van der Waals surface area contributed by atoms with Gasteiger partial charge in [-0.2, -0.15) is 0 Å². The van der Waals surface area contributed by atoms with Gasteiger partial charge >= 0.3 is 0 Å². The third-order valence-corrected chi connectivity index (χ3v) is 5.53. The molecule has 1 fully saturated rings. The molecular weight excluding hydrogens is 310 g/mol. The highest BCUT2D eigenvalue weighted by Gasteiger charge is 2.48. The third-order valence-electron chi connectivity index (χ3n) is 5.53. The van der Waals surface area contributed by atoms with E-state index < -0.39 is 5.41 Å². The van der Waals surface area contributed by atoms with Crippen molar-refractivity contribution in [2.24, 2.45) is 5.92 Å². The van der Waals surface area contributed by atoms with Crippen molar-refractivity contribution in [1.82, 2.24) is 4.90 Å². The maximum atomic E-state index is 13.1. The van der Waals surface area contributed by atoms with Crippen LogP contribution in [0, 0.1) is 5.92 Å². The van der Waals surface area contributed by atoms with Crippen LogP contribution in [0.4, 0.5) is 0 Å². The van der Waals surface area contributed by atoms with Crippen molar-refractivity contribution in [3.05, 3.63) is 71.8 Å². The number of hydrogen-bond donors (Lipinski definition) is 1. The average molecular weight is 337 g/mol. The van der Waals surface area contributed by atoms with Crippen LogP contribution in [0.2, 0.25) is 0 Å². The summed E-state index contributed by atoms with van der Waals surface area (Å²) >= 11 is 0. The lowest BCUT2D eigenvalue weighted by Crippen LogP contribution is -2.44. The van der Waals surface area contributed by atoms with Crippen LogP contribution >= 0.6 is 0 Å². The normalized spacial score (nSPS) is 18.4. The van der Waals surface area contributed by atoms with Crippen molar-refractivity contribution >= 4 is 5.78 Å². The molecule has 25 heavy (non-hydrogen) atoms. The van der Waals surface area contributed by atoms with Gasteiger partial charge in [0.15, 0.2) is 0 Å². The van der Waals surface area contributed by atoms with Crippen molar-refractivity contribution < 1.29 is 9.90 Å². The van der Waals surface area contributed by atoms with Crippen molar-refractivity contribution in [2.75, 3.05) is 26.2 Å². The molecule has 132 valence electrons. The van der Waals surface area contributed by atoms with Crippen molar-refractivity contribution in [2.45, 2.75) is 25.2 Å². The quantitative estimate of drug-likeness (QED) is 0.843. The number of nitrogens with zero attached hydrogens (tertiary/aromatic N) is 1. The van der Waals surface area contributed by atoms with E-state index in [-0.39, 0.29) is 18.3 Å². The molecule has 3 nitrogen and oxygen atoms in total. The summed E-state index contributed by atoms with van der Waals surface area (Å²) in [5, 5.41) is 9.12. The predicted molar refractivity (Wildman–Crippen MR) is 101 cm³/mol. The zero-order valence-electron chi connectivity index (χ0n) is 14.9. The first-order valence-electron chi connectivity index (χ1n) is 9.15. The van der Waals surface area contributed by atoms with Crippen molar-refractivity contribution in [3.63, 3.8) is 0 Å². The van der Waals surface area contributed by atoms with Crippen LogP contribution in [0.1, 0.15) is 30.9 Å². The number of benzene rings is 2. The highest BCUT2D eigenvalue weighted by Crippen LogP contribution is 2.44. The van der Waals surface area contributed by atoms with E-state index in [1.54, 1.807) is 6.92 Å². The minimum atomic E-state index is -0.601. The van der Waals surface area contributed by atoms with Crippen LogP contribution in [0.25, 0.3) is 0 Å². The smallest absolute Gasteiger partial charge is 0.145 e. The van der Waals surface area contributed by atoms with E-state index >= 15 is 0 Å². The van der Waals surface area contributed by atoms with Gasteiger partial charge in [0.05, 0.1) is 5.41 Å². The molecule has 1 N–H and O–H groups in total. The number of likely N-dealkylation sites (tertiary alicyclic amines) is 1. The van der Waals surface area contributed by atoms with Crippen molar-refractivity contribution in [3.8, 4) is 0 Å². The van der Waals surface area contributed by atoms with Gasteiger partial charge in [-0.3, -0.25) is 4.79 Å². The Morgan fingerprint density at radius 2 is 1.64 bits per heavy atom. The molecule has 1 aliphatic rings. The van der Waals surface area contributed by atoms with Gasteiger partial charge in [0.2, 0.25) is 0 Å². The van der Waals surface area contributed by atoms with Gasteiger partial charge in [-0.15, -0.1) is 0 Å². The zero-order valence-corrected chi connectivity index (χ0v) is 14.9. The molecule has 1 atom stereocenters. The SMILES string of the molecule is CC(=O)C(c1ccccc1)(c1ccccc1)C1CCN(CCCO)C1. The number of aliphatic hydroxyl groups is 1. The Morgan fingerprint density at radius 3 is 2.12 bits per heavy atom. The van der Waals surface area contributed by atoms with Gasteiger partial charge in [-0.25, -0.2) is 0 Å². The van der Waals surface area contributed by atoms with Crippen LogP contribution in [-0.4, -0.2) is 42.0 Å². The van der Waals surface area contributed by atoms with Crippen LogP contribution in [0.15, 0.2) is 60.7 Å². The highest BCUT2D eigenvalue weighted by atomic mass is 16.3. The summed E-state index contributed by atoms with van der Waals surface area (Å²) in [5.41, 5.74) is 1.57. The fraction of sp³-hybridized carbons (Fsp3) is 0.409. The number of carbonyl (C=O) groups is 1. The Bertz CT molecular complexity index is 644. The molecule has 1 heterocycles. The molecule has 0 aliphatic carbocycles. The van der Waals surface area contributed by atoms with Gasteiger partial charge in [0, 0.05) is 19.7 Å². The number of rotatable bonds is 7. The van der Waals surface area contributed by atoms with Gasteiger partial charge in [-0.1, -0.05) is 60.7 Å². The van der Waals surface area contributed by atoms with E-state index in [0.29, 0.717) is 0 Å². The third kappa shape index (κ3) is 3.39. The fourth-order valence-electron chi connectivity index (χ4n) is 4.42. The Balaban J connectivity index is 2.05. The molecular formula is C22H27NO2. The average Bonchev–Trinajstić information content (AvgIpc) is 3.11. The molecule has 3 rings (SSSR count). The maximum absolute atomic E-state index is 13.1. The van der Waals surface area contributed by atoms with Crippen molar-refractivity contribution in [1.29, 1.82) is 0 Å². The van der Waals surface area contributed by atoms with Crippen LogP contribution < -0.4 is 0 Å². The number of hydrogen-bond acceptors (Lipinski definition) is 3. The van der Waals surface area contributed by atoms with E-state index in [1.165, 1.54) is 0 Å². The Kier molecular flexibility index (Phi) is 5.67. The molecule has 2 aromatic rings. The zero-order chi connectivity index (χ0) is 17.7. The summed E-state index contributed by atoms with van der Waals surface area (Å²) in [6, 6.07) is 20.4. The standard InChI is InChI=1S/C22H27NO2/c1-18(25)22(19-9-4-2-5-10-19,20-11-6-3-7-12-20)21-13-15-23(17-21)14-8-16-24/h2-7,9-12,21,24H,8,13-17H2,1H3. The molecule has 0 radical (unpaired) electrons. The number of aliphatic hydroxyl groups excluding tert-OH is 1. The summed E-state index contributed by atoms with van der Waals surface area (Å²) in [7, 11) is 0. The first-order chi connectivity index (χ1) is 12.2. The van der Waals surface area contributed by atoms with Gasteiger partial charge < -0.3 is 10.0 Å². The highest BCUT2D eigenvalue weighted by molar-refractivity contribution is 5.92. The second kappa shape index (κ2) is 7.94. The monoisotopic (exact) mass is 337 g/mol. The fourth-order valence-corrected chi connectivity index (χ4v) is 4.42. The molecule has 2 aromatic carbocycles. The second-order valence-corrected chi connectivity index (χ2v) is 6.96. The summed E-state index contributed by atoms with van der Waals surface area (Å²) in [6.07, 6.45) is 1.78. The summed E-state index contributed by atoms with van der Waals surface area (Å²) in [5.74, 6) is 0.451. The minimum absolute atomic E-state index is 0.207. The van der Waals surface area contributed by atoms with E-state index in [9.17, 15) is 4.79 Å². The predicted octanol–water partition coefficient (Wildman–Crippen LogP) is 3.27. The lowest BCUT2D eigenvalue weighted by molar-refractivity contribution is -0.122. The van der Waals surface area contributed by atoms with E-state index in [2.05, 4.69) is 29.2 Å². The van der Waals surface area contributed by atoms with Crippen LogP contribution in [0.3, 0.4) is 0 Å². The maximum Gasteiger partial charge on any atom is 0.145 e. The summed E-state index contributed by atoms with van der Waals surface area (Å²) < 4.78 is 0. The summed E-state index contributed by atoms with van der Waals surface area (Å²) in [4.78, 5) is 15.5. The first-order valence-corrected chi connectivity index (χ1v) is 9.15. The largest absolute Gasteiger partial charge is 0.396 e. The second-order valence-electron chi connectivity index (χ2n) is 6.96. The van der Waals surface area contributed by atoms with Crippen LogP contribution in [-0.2, 0) is 10.2 Å². The first kappa shape index (κ1) is 17.8. The molecule has 0 bridgehead atoms. The Morgan fingerprint density at radius 1 is 1.08 bits per heavy atom. The van der Waals surface area contributed by atoms with Gasteiger partial charge in [-0.05, 0) is 43.4 Å². The number of ketones is 1. The van der Waals surface area contributed by atoms with E-state index in [4.69, 9.17) is 5.11 Å². The number of carbonyl (C=O) groups excluding carboxylic acids is 1. The number of Topliss-reactive ketones (excluding diaryl/α,β-unsaturated/α-hetero) is 1. The van der Waals surface area contributed by atoms with E-state index in [1.807, 2.05) is 36.4 Å². The molecule has 0 amide bonds. The Labute approximate surface area is 150 Å². The minimum Gasteiger partial charge on any atom is -0.396 e. The molecule has 1 unspecified atom stereocenters. The molecule has 3 heteroatoms.